The van der Waals surface area contributed by atoms with Crippen molar-refractivity contribution in [2.45, 2.75) is 38.5 Å². The Kier molecular flexibility index (Phi) is 1.46. The van der Waals surface area contributed by atoms with E-state index in [2.05, 4.69) is 0 Å². The van der Waals surface area contributed by atoms with Gasteiger partial charge in [-0.3, -0.25) is 0 Å². The second-order valence-corrected chi connectivity index (χ2v) is 4.40. The van der Waals surface area contributed by atoms with E-state index in [0.29, 0.717) is 0 Å². The lowest BCUT2D eigenvalue weighted by molar-refractivity contribution is 0.182. The molecule has 1 nitrogen and oxygen atoms in total. The summed E-state index contributed by atoms with van der Waals surface area (Å²) in [6, 6.07) is 0. The Bertz CT molecular complexity index is 229. The fourth-order valence-electron chi connectivity index (χ4n) is 3.21. The Morgan fingerprint density at radius 2 is 2.08 bits per heavy atom. The van der Waals surface area contributed by atoms with Crippen molar-refractivity contribution < 1.29 is 4.74 Å². The normalized spacial score (nSPS) is 39.3. The molecule has 0 aromatic heterocycles. The van der Waals surface area contributed by atoms with Crippen LogP contribution in [0, 0.1) is 11.8 Å². The number of hydrogen-bond acceptors (Lipinski definition) is 1. The first-order chi connectivity index (χ1) is 5.95. The van der Waals surface area contributed by atoms with Crippen LogP contribution in [0.3, 0.4) is 0 Å². The smallest absolute Gasteiger partial charge is 0.0986 e. The molecule has 1 heteroatoms. The van der Waals surface area contributed by atoms with E-state index in [1.165, 1.54) is 44.3 Å². The van der Waals surface area contributed by atoms with Gasteiger partial charge in [0.2, 0.25) is 0 Å². The molecule has 2 unspecified atom stereocenters. The summed E-state index contributed by atoms with van der Waals surface area (Å²) in [7, 11) is 0. The zero-order chi connectivity index (χ0) is 7.97. The first-order valence-electron chi connectivity index (χ1n) is 5.30. The summed E-state index contributed by atoms with van der Waals surface area (Å²) in [5, 5.41) is 0. The Balaban J connectivity index is 1.93. The average molecular weight is 164 g/mol. The molecule has 0 radical (unpaired) electrons. The third-order valence-corrected chi connectivity index (χ3v) is 3.82. The zero-order valence-corrected chi connectivity index (χ0v) is 7.51. The highest BCUT2D eigenvalue weighted by Gasteiger charge is 2.37. The van der Waals surface area contributed by atoms with Crippen molar-refractivity contribution in [1.82, 2.24) is 0 Å². The van der Waals surface area contributed by atoms with Gasteiger partial charge in [-0.05, 0) is 37.2 Å². The number of fused-ring (bicyclic) bond motifs is 2. The van der Waals surface area contributed by atoms with Crippen LogP contribution in [-0.4, -0.2) is 6.61 Å². The van der Waals surface area contributed by atoms with Gasteiger partial charge in [-0.1, -0.05) is 6.42 Å². The molecule has 0 aromatic carbocycles. The Morgan fingerprint density at radius 1 is 1.08 bits per heavy atom. The summed E-state index contributed by atoms with van der Waals surface area (Å²) < 4.78 is 5.75. The van der Waals surface area contributed by atoms with Gasteiger partial charge in [0.1, 0.15) is 0 Å². The molecule has 1 aliphatic heterocycles. The van der Waals surface area contributed by atoms with Crippen LogP contribution in [0.2, 0.25) is 0 Å². The molecule has 0 N–H and O–H groups in total. The Morgan fingerprint density at radius 3 is 3.08 bits per heavy atom. The molecule has 66 valence electrons. The van der Waals surface area contributed by atoms with Gasteiger partial charge in [0, 0.05) is 12.3 Å². The van der Waals surface area contributed by atoms with Gasteiger partial charge in [-0.25, -0.2) is 0 Å². The Hall–Kier alpha value is -0.460. The first-order valence-corrected chi connectivity index (χ1v) is 5.30. The highest BCUT2D eigenvalue weighted by atomic mass is 16.5. The maximum atomic E-state index is 5.75. The number of rotatable bonds is 0. The lowest BCUT2D eigenvalue weighted by atomic mass is 9.81. The molecule has 0 amide bonds. The highest BCUT2D eigenvalue weighted by Crippen LogP contribution is 2.47. The third kappa shape index (κ3) is 0.854. The largest absolute Gasteiger partial charge is 0.497 e. The molecule has 3 rings (SSSR count). The molecule has 2 atom stereocenters. The van der Waals surface area contributed by atoms with E-state index in [0.717, 1.165) is 18.4 Å². The fraction of sp³-hybridized carbons (Fsp3) is 0.818. The lowest BCUT2D eigenvalue weighted by Gasteiger charge is -2.26. The molecular formula is C11H16O. The van der Waals surface area contributed by atoms with E-state index in [1.54, 1.807) is 5.57 Å². The second-order valence-electron chi connectivity index (χ2n) is 4.40. The van der Waals surface area contributed by atoms with Gasteiger partial charge in [-0.2, -0.15) is 0 Å². The summed E-state index contributed by atoms with van der Waals surface area (Å²) >= 11 is 0. The van der Waals surface area contributed by atoms with E-state index >= 15 is 0 Å². The van der Waals surface area contributed by atoms with Crippen molar-refractivity contribution in [3.63, 3.8) is 0 Å². The Labute approximate surface area is 73.8 Å². The van der Waals surface area contributed by atoms with Crippen molar-refractivity contribution in [2.24, 2.45) is 11.8 Å². The van der Waals surface area contributed by atoms with Crippen LogP contribution >= 0.6 is 0 Å². The van der Waals surface area contributed by atoms with Crippen LogP contribution in [0.5, 0.6) is 0 Å². The minimum absolute atomic E-state index is 0.844. The van der Waals surface area contributed by atoms with Crippen LogP contribution < -0.4 is 0 Å². The molecule has 0 aromatic rings. The standard InChI is InChI=1S/C11H16O/c1-2-8-4-5-9-6-7-12-11(9)10(8)3-1/h8,10H,1-7H2. The fourth-order valence-corrected chi connectivity index (χ4v) is 3.21. The van der Waals surface area contributed by atoms with Crippen molar-refractivity contribution in [3.8, 4) is 0 Å². The van der Waals surface area contributed by atoms with Gasteiger partial charge < -0.3 is 4.74 Å². The highest BCUT2D eigenvalue weighted by molar-refractivity contribution is 5.20. The summed E-state index contributed by atoms with van der Waals surface area (Å²) in [5.74, 6) is 3.27. The molecule has 0 saturated heterocycles. The van der Waals surface area contributed by atoms with E-state index in [1.807, 2.05) is 0 Å². The van der Waals surface area contributed by atoms with Gasteiger partial charge in [0.15, 0.2) is 0 Å². The predicted octanol–water partition coefficient (Wildman–Crippen LogP) is 2.87. The summed E-state index contributed by atoms with van der Waals surface area (Å²) in [4.78, 5) is 0. The molecule has 1 heterocycles. The van der Waals surface area contributed by atoms with Gasteiger partial charge in [0.05, 0.1) is 12.4 Å². The van der Waals surface area contributed by atoms with E-state index in [9.17, 15) is 0 Å². The molecule has 0 bridgehead atoms. The van der Waals surface area contributed by atoms with Gasteiger partial charge >= 0.3 is 0 Å². The first kappa shape index (κ1) is 6.99. The van der Waals surface area contributed by atoms with Crippen LogP contribution in [0.25, 0.3) is 0 Å². The van der Waals surface area contributed by atoms with Crippen molar-refractivity contribution >= 4 is 0 Å². The van der Waals surface area contributed by atoms with Crippen LogP contribution in [0.1, 0.15) is 38.5 Å². The zero-order valence-electron chi connectivity index (χ0n) is 7.51. The van der Waals surface area contributed by atoms with Gasteiger partial charge in [-0.15, -0.1) is 0 Å². The van der Waals surface area contributed by atoms with E-state index in [4.69, 9.17) is 4.74 Å². The van der Waals surface area contributed by atoms with Gasteiger partial charge in [0.25, 0.3) is 0 Å². The number of ether oxygens (including phenoxy) is 1. The quantitative estimate of drug-likeness (QED) is 0.535. The maximum absolute atomic E-state index is 5.75. The molecule has 1 fully saturated rings. The topological polar surface area (TPSA) is 9.23 Å². The van der Waals surface area contributed by atoms with Crippen LogP contribution in [0.15, 0.2) is 11.3 Å². The maximum Gasteiger partial charge on any atom is 0.0986 e. The average Bonchev–Trinajstić information content (AvgIpc) is 2.71. The van der Waals surface area contributed by atoms with E-state index in [-0.39, 0.29) is 0 Å². The summed E-state index contributed by atoms with van der Waals surface area (Å²) in [6.45, 7) is 0.980. The van der Waals surface area contributed by atoms with Crippen molar-refractivity contribution in [2.75, 3.05) is 6.61 Å². The SMILES string of the molecule is C1CC2CCC3=C(OCC3)C2C1. The summed E-state index contributed by atoms with van der Waals surface area (Å²) in [5.41, 5.74) is 1.66. The van der Waals surface area contributed by atoms with Crippen molar-refractivity contribution in [1.29, 1.82) is 0 Å². The van der Waals surface area contributed by atoms with Crippen LogP contribution in [0.4, 0.5) is 0 Å². The molecule has 2 aliphatic carbocycles. The summed E-state index contributed by atoms with van der Waals surface area (Å²) in [6.07, 6.45) is 8.34. The minimum atomic E-state index is 0.844. The minimum Gasteiger partial charge on any atom is -0.497 e. The predicted molar refractivity (Wildman–Crippen MR) is 47.7 cm³/mol. The molecule has 3 aliphatic rings. The number of allylic oxidation sites excluding steroid dienone is 1. The molecule has 0 spiro atoms. The number of hydrogen-bond donors (Lipinski definition) is 0. The molecule has 12 heavy (non-hydrogen) atoms. The second kappa shape index (κ2) is 2.51. The molecular weight excluding hydrogens is 148 g/mol. The third-order valence-electron chi connectivity index (χ3n) is 3.82. The van der Waals surface area contributed by atoms with Crippen molar-refractivity contribution in [3.05, 3.63) is 11.3 Å². The van der Waals surface area contributed by atoms with Crippen LogP contribution in [-0.2, 0) is 4.74 Å². The monoisotopic (exact) mass is 164 g/mol. The van der Waals surface area contributed by atoms with E-state index < -0.39 is 0 Å². The lowest BCUT2D eigenvalue weighted by Crippen LogP contribution is -2.16. The molecule has 1 saturated carbocycles.